The van der Waals surface area contributed by atoms with Crippen LogP contribution < -0.4 is 14.8 Å². The maximum absolute atomic E-state index is 12.2. The molecule has 0 aliphatic heterocycles. The van der Waals surface area contributed by atoms with Crippen LogP contribution in [0.2, 0.25) is 0 Å². The molecule has 0 bridgehead atoms. The molecular weight excluding hydrogens is 342 g/mol. The fourth-order valence-corrected chi connectivity index (χ4v) is 2.93. The van der Waals surface area contributed by atoms with Crippen LogP contribution >= 0.6 is 10.7 Å². The van der Waals surface area contributed by atoms with Gasteiger partial charge >= 0.3 is 0 Å². The van der Waals surface area contributed by atoms with Crippen LogP contribution in [0.15, 0.2) is 47.4 Å². The lowest BCUT2D eigenvalue weighted by atomic mass is 10.2. The van der Waals surface area contributed by atoms with Crippen LogP contribution in [0.3, 0.4) is 0 Å². The fourth-order valence-electron chi connectivity index (χ4n) is 1.94. The minimum atomic E-state index is -4.02. The van der Waals surface area contributed by atoms with Gasteiger partial charge in [-0.1, -0.05) is 18.2 Å². The van der Waals surface area contributed by atoms with Crippen molar-refractivity contribution in [3.05, 3.63) is 48.0 Å². The van der Waals surface area contributed by atoms with Crippen LogP contribution in [0.1, 0.15) is 10.4 Å². The molecule has 0 fully saturated rings. The van der Waals surface area contributed by atoms with Gasteiger partial charge < -0.3 is 14.8 Å². The van der Waals surface area contributed by atoms with Crippen molar-refractivity contribution in [2.24, 2.45) is 0 Å². The van der Waals surface area contributed by atoms with Gasteiger partial charge in [0, 0.05) is 28.4 Å². The van der Waals surface area contributed by atoms with E-state index >= 15 is 0 Å². The molecule has 0 aromatic heterocycles. The van der Waals surface area contributed by atoms with Gasteiger partial charge in [-0.05, 0) is 12.1 Å². The summed E-state index contributed by atoms with van der Waals surface area (Å²) < 4.78 is 33.3. The second-order valence-corrected chi connectivity index (χ2v) is 7.00. The van der Waals surface area contributed by atoms with Crippen molar-refractivity contribution >= 4 is 31.3 Å². The summed E-state index contributed by atoms with van der Waals surface area (Å²) in [6.45, 7) is 0. The molecule has 122 valence electrons. The smallest absolute Gasteiger partial charge is 0.265 e. The summed E-state index contributed by atoms with van der Waals surface area (Å²) in [4.78, 5) is 12.0. The molecule has 0 atom stereocenters. The van der Waals surface area contributed by atoms with Gasteiger partial charge in [-0.25, -0.2) is 8.42 Å². The zero-order valence-corrected chi connectivity index (χ0v) is 13.9. The normalized spacial score (nSPS) is 10.9. The summed E-state index contributed by atoms with van der Waals surface area (Å²) in [5.41, 5.74) is 0.713. The summed E-state index contributed by atoms with van der Waals surface area (Å²) in [7, 11) is 4.01. The zero-order valence-electron chi connectivity index (χ0n) is 12.4. The number of ether oxygens (including phenoxy) is 2. The van der Waals surface area contributed by atoms with Gasteiger partial charge in [0.25, 0.3) is 15.0 Å². The van der Waals surface area contributed by atoms with E-state index < -0.39 is 9.05 Å². The van der Waals surface area contributed by atoms with Crippen molar-refractivity contribution < 1.29 is 22.7 Å². The Kier molecular flexibility index (Phi) is 5.12. The number of methoxy groups -OCH3 is 2. The molecule has 6 nitrogen and oxygen atoms in total. The number of carbonyl (C=O) groups is 1. The maximum Gasteiger partial charge on any atom is 0.265 e. The van der Waals surface area contributed by atoms with E-state index in [1.807, 2.05) is 0 Å². The van der Waals surface area contributed by atoms with E-state index in [0.29, 0.717) is 5.56 Å². The minimum absolute atomic E-state index is 0.00385. The summed E-state index contributed by atoms with van der Waals surface area (Å²) in [5.74, 6) is -0.217. The van der Waals surface area contributed by atoms with Gasteiger partial charge in [-0.2, -0.15) is 0 Å². The maximum atomic E-state index is 12.2. The van der Waals surface area contributed by atoms with Crippen LogP contribution in [0.5, 0.6) is 11.5 Å². The van der Waals surface area contributed by atoms with Crippen molar-refractivity contribution in [3.8, 4) is 11.5 Å². The Bertz CT molecular complexity index is 821. The fraction of sp³-hybridized carbons (Fsp3) is 0.133. The lowest BCUT2D eigenvalue weighted by Gasteiger charge is -2.14. The standard InChI is InChI=1S/C15H14ClNO5S/c1-21-12-9-14(23(16,19)20)13(22-2)8-11(12)17-15(18)10-6-4-3-5-7-10/h3-9H,1-2H3,(H,17,18). The number of halogens is 1. The van der Waals surface area contributed by atoms with E-state index in [2.05, 4.69) is 5.32 Å². The van der Waals surface area contributed by atoms with Gasteiger partial charge in [-0.15, -0.1) is 0 Å². The summed E-state index contributed by atoms with van der Waals surface area (Å²) in [5, 5.41) is 2.65. The van der Waals surface area contributed by atoms with E-state index in [-0.39, 0.29) is 28.0 Å². The Hall–Kier alpha value is -2.25. The first-order chi connectivity index (χ1) is 10.9. The van der Waals surface area contributed by atoms with E-state index in [4.69, 9.17) is 20.2 Å². The molecular formula is C15H14ClNO5S. The monoisotopic (exact) mass is 355 g/mol. The highest BCUT2D eigenvalue weighted by Gasteiger charge is 2.21. The largest absolute Gasteiger partial charge is 0.495 e. The molecule has 23 heavy (non-hydrogen) atoms. The molecule has 0 saturated carbocycles. The number of anilines is 1. The van der Waals surface area contributed by atoms with Gasteiger partial charge in [0.15, 0.2) is 0 Å². The Morgan fingerprint density at radius 3 is 2.17 bits per heavy atom. The molecule has 0 aliphatic carbocycles. The van der Waals surface area contributed by atoms with Crippen LogP contribution in [0, 0.1) is 0 Å². The number of hydrogen-bond donors (Lipinski definition) is 1. The van der Waals surface area contributed by atoms with Gasteiger partial charge in [0.2, 0.25) is 0 Å². The van der Waals surface area contributed by atoms with Crippen LogP contribution in [0.25, 0.3) is 0 Å². The van der Waals surface area contributed by atoms with Gasteiger partial charge in [-0.3, -0.25) is 4.79 Å². The number of benzene rings is 2. The number of amides is 1. The SMILES string of the molecule is COc1cc(S(=O)(=O)Cl)c(OC)cc1NC(=O)c1ccccc1. The average Bonchev–Trinajstić information content (AvgIpc) is 2.54. The molecule has 0 heterocycles. The Morgan fingerprint density at radius 2 is 1.65 bits per heavy atom. The van der Waals surface area contributed by atoms with E-state index in [0.717, 1.165) is 0 Å². The van der Waals surface area contributed by atoms with Crippen molar-refractivity contribution in [2.45, 2.75) is 4.90 Å². The van der Waals surface area contributed by atoms with Crippen molar-refractivity contribution in [3.63, 3.8) is 0 Å². The third-order valence-corrected chi connectivity index (χ3v) is 4.38. The quantitative estimate of drug-likeness (QED) is 0.834. The molecule has 8 heteroatoms. The van der Waals surface area contributed by atoms with Gasteiger partial charge in [0.05, 0.1) is 19.9 Å². The molecule has 0 spiro atoms. The van der Waals surface area contributed by atoms with Crippen LogP contribution in [-0.2, 0) is 9.05 Å². The summed E-state index contributed by atoms with van der Waals surface area (Å²) >= 11 is 0. The average molecular weight is 356 g/mol. The lowest BCUT2D eigenvalue weighted by Crippen LogP contribution is -2.13. The predicted molar refractivity (Wildman–Crippen MR) is 87.0 cm³/mol. The van der Waals surface area contributed by atoms with E-state index in [9.17, 15) is 13.2 Å². The van der Waals surface area contributed by atoms with Gasteiger partial charge in [0.1, 0.15) is 16.4 Å². The van der Waals surface area contributed by atoms with E-state index in [1.165, 1.54) is 26.4 Å². The second-order valence-electron chi connectivity index (χ2n) is 4.46. The Balaban J connectivity index is 2.45. The first-order valence-electron chi connectivity index (χ1n) is 6.44. The topological polar surface area (TPSA) is 81.7 Å². The predicted octanol–water partition coefficient (Wildman–Crippen LogP) is 2.88. The highest BCUT2D eigenvalue weighted by atomic mass is 35.7. The zero-order chi connectivity index (χ0) is 17.0. The highest BCUT2D eigenvalue weighted by molar-refractivity contribution is 8.13. The molecule has 0 saturated heterocycles. The molecule has 1 amide bonds. The Labute approximate surface area is 138 Å². The third-order valence-electron chi connectivity index (χ3n) is 3.03. The molecule has 2 rings (SSSR count). The first-order valence-corrected chi connectivity index (χ1v) is 8.75. The van der Waals surface area contributed by atoms with Crippen molar-refractivity contribution in [2.75, 3.05) is 19.5 Å². The molecule has 0 aliphatic rings. The number of rotatable bonds is 5. The molecule has 0 unspecified atom stereocenters. The minimum Gasteiger partial charge on any atom is -0.495 e. The summed E-state index contributed by atoms with van der Waals surface area (Å²) in [6, 6.07) is 11.1. The first kappa shape index (κ1) is 17.1. The number of hydrogen-bond acceptors (Lipinski definition) is 5. The number of nitrogens with one attached hydrogen (secondary N) is 1. The molecule has 1 N–H and O–H groups in total. The van der Waals surface area contributed by atoms with Crippen LogP contribution in [0.4, 0.5) is 5.69 Å². The van der Waals surface area contributed by atoms with Crippen molar-refractivity contribution in [1.82, 2.24) is 0 Å². The lowest BCUT2D eigenvalue weighted by molar-refractivity contribution is 0.102. The molecule has 0 radical (unpaired) electrons. The Morgan fingerprint density at radius 1 is 1.04 bits per heavy atom. The third kappa shape index (κ3) is 3.94. The molecule has 2 aromatic rings. The number of carbonyl (C=O) groups excluding carboxylic acids is 1. The highest BCUT2D eigenvalue weighted by Crippen LogP contribution is 2.37. The summed E-state index contributed by atoms with van der Waals surface area (Å²) in [6.07, 6.45) is 0. The van der Waals surface area contributed by atoms with Crippen molar-refractivity contribution in [1.29, 1.82) is 0 Å². The van der Waals surface area contributed by atoms with E-state index in [1.54, 1.807) is 30.3 Å². The molecule has 2 aromatic carbocycles. The van der Waals surface area contributed by atoms with Crippen LogP contribution in [-0.4, -0.2) is 28.5 Å². The second kappa shape index (κ2) is 6.89.